The van der Waals surface area contributed by atoms with Gasteiger partial charge < -0.3 is 10.5 Å². The van der Waals surface area contributed by atoms with Crippen LogP contribution in [0.15, 0.2) is 0 Å². The molecule has 0 radical (unpaired) electrons. The molecule has 0 amide bonds. The Labute approximate surface area is 109 Å². The number of hydrogen-bond acceptors (Lipinski definition) is 4. The third-order valence-corrected chi connectivity index (χ3v) is 5.67. The number of nitrogens with two attached hydrogens (primary N) is 1. The molecule has 2 aliphatic rings. The van der Waals surface area contributed by atoms with Crippen molar-refractivity contribution in [2.45, 2.75) is 32.2 Å². The van der Waals surface area contributed by atoms with Crippen LogP contribution in [-0.2, 0) is 4.74 Å². The summed E-state index contributed by atoms with van der Waals surface area (Å²) in [4.78, 5) is 2.61. The number of ether oxygens (including phenoxy) is 1. The van der Waals surface area contributed by atoms with Crippen LogP contribution in [0.2, 0.25) is 0 Å². The van der Waals surface area contributed by atoms with Crippen LogP contribution in [0, 0.1) is 5.41 Å². The number of nitrogens with zero attached hydrogens (tertiary/aromatic N) is 1. The minimum absolute atomic E-state index is 0.208. The van der Waals surface area contributed by atoms with Gasteiger partial charge in [0.15, 0.2) is 0 Å². The second kappa shape index (κ2) is 5.47. The Hall–Kier alpha value is 0.230. The van der Waals surface area contributed by atoms with Crippen molar-refractivity contribution in [3.05, 3.63) is 0 Å². The molecule has 0 aromatic rings. The Morgan fingerprint density at radius 3 is 2.76 bits per heavy atom. The minimum atomic E-state index is 0.208. The van der Waals surface area contributed by atoms with Gasteiger partial charge in [0.05, 0.1) is 6.61 Å². The normalized spacial score (nSPS) is 35.5. The molecule has 2 fully saturated rings. The summed E-state index contributed by atoms with van der Waals surface area (Å²) < 4.78 is 5.57. The Bertz CT molecular complexity index is 252. The van der Waals surface area contributed by atoms with Crippen LogP contribution in [0.4, 0.5) is 0 Å². The fraction of sp³-hybridized carbons (Fsp3) is 1.00. The predicted octanol–water partition coefficient (Wildman–Crippen LogP) is 1.57. The van der Waals surface area contributed by atoms with Gasteiger partial charge in [-0.1, -0.05) is 13.8 Å². The molecular weight excluding hydrogens is 232 g/mol. The summed E-state index contributed by atoms with van der Waals surface area (Å²) in [6.07, 6.45) is 2.37. The predicted molar refractivity (Wildman–Crippen MR) is 74.5 cm³/mol. The standard InChI is InChI=1S/C13H26N2OS/c1-12(2)8-13(9-14,11-17-10-12)15-4-3-6-16-7-5-15/h3-11,14H2,1-2H3. The first-order chi connectivity index (χ1) is 8.08. The Kier molecular flexibility index (Phi) is 4.40. The van der Waals surface area contributed by atoms with E-state index in [-0.39, 0.29) is 5.54 Å². The van der Waals surface area contributed by atoms with Crippen LogP contribution in [0.5, 0.6) is 0 Å². The smallest absolute Gasteiger partial charge is 0.0593 e. The van der Waals surface area contributed by atoms with Crippen molar-refractivity contribution in [1.82, 2.24) is 4.90 Å². The molecule has 0 bridgehead atoms. The molecule has 0 aromatic carbocycles. The highest BCUT2D eigenvalue weighted by atomic mass is 32.2. The fourth-order valence-electron chi connectivity index (χ4n) is 3.19. The highest BCUT2D eigenvalue weighted by Gasteiger charge is 2.43. The van der Waals surface area contributed by atoms with Gasteiger partial charge in [0.2, 0.25) is 0 Å². The summed E-state index contributed by atoms with van der Waals surface area (Å²) in [5.74, 6) is 2.45. The first-order valence-electron chi connectivity index (χ1n) is 6.69. The third kappa shape index (κ3) is 3.16. The van der Waals surface area contributed by atoms with Gasteiger partial charge in [-0.25, -0.2) is 0 Å². The van der Waals surface area contributed by atoms with Gasteiger partial charge in [0.1, 0.15) is 0 Å². The molecule has 2 N–H and O–H groups in total. The maximum absolute atomic E-state index is 6.15. The van der Waals surface area contributed by atoms with Crippen molar-refractivity contribution in [3.63, 3.8) is 0 Å². The summed E-state index contributed by atoms with van der Waals surface area (Å²) in [5.41, 5.74) is 6.77. The molecule has 1 atom stereocenters. The van der Waals surface area contributed by atoms with Crippen LogP contribution in [-0.4, -0.2) is 54.8 Å². The molecule has 2 rings (SSSR count). The molecule has 2 saturated heterocycles. The number of rotatable bonds is 2. The minimum Gasteiger partial charge on any atom is -0.380 e. The molecular formula is C13H26N2OS. The summed E-state index contributed by atoms with van der Waals surface area (Å²) in [6.45, 7) is 9.50. The van der Waals surface area contributed by atoms with Gasteiger partial charge in [-0.15, -0.1) is 0 Å². The Balaban J connectivity index is 2.11. The zero-order chi connectivity index (χ0) is 12.4. The molecule has 17 heavy (non-hydrogen) atoms. The zero-order valence-electron chi connectivity index (χ0n) is 11.2. The SMILES string of the molecule is CC1(C)CSCC(CN)(N2CCCOCC2)C1. The molecule has 1 unspecified atom stereocenters. The lowest BCUT2D eigenvalue weighted by Gasteiger charge is -2.50. The van der Waals surface area contributed by atoms with Crippen LogP contribution < -0.4 is 5.73 Å². The third-order valence-electron chi connectivity index (χ3n) is 3.94. The molecule has 4 heteroatoms. The van der Waals surface area contributed by atoms with Crippen LogP contribution in [0.1, 0.15) is 26.7 Å². The molecule has 0 saturated carbocycles. The van der Waals surface area contributed by atoms with E-state index in [2.05, 4.69) is 30.5 Å². The van der Waals surface area contributed by atoms with Gasteiger partial charge in [-0.2, -0.15) is 11.8 Å². The van der Waals surface area contributed by atoms with Crippen molar-refractivity contribution in [3.8, 4) is 0 Å². The first-order valence-corrected chi connectivity index (χ1v) is 7.84. The van der Waals surface area contributed by atoms with E-state index in [0.717, 1.165) is 39.3 Å². The van der Waals surface area contributed by atoms with E-state index in [4.69, 9.17) is 10.5 Å². The van der Waals surface area contributed by atoms with Crippen molar-refractivity contribution in [1.29, 1.82) is 0 Å². The van der Waals surface area contributed by atoms with Crippen LogP contribution in [0.25, 0.3) is 0 Å². The largest absolute Gasteiger partial charge is 0.380 e. The lowest BCUT2D eigenvalue weighted by molar-refractivity contribution is 0.0622. The highest BCUT2D eigenvalue weighted by molar-refractivity contribution is 7.99. The number of thioether (sulfide) groups is 1. The summed E-state index contributed by atoms with van der Waals surface area (Å²) in [6, 6.07) is 0. The molecule has 2 heterocycles. The van der Waals surface area contributed by atoms with Gasteiger partial charge >= 0.3 is 0 Å². The summed E-state index contributed by atoms with van der Waals surface area (Å²) >= 11 is 2.07. The fourth-order valence-corrected chi connectivity index (χ4v) is 4.73. The van der Waals surface area contributed by atoms with Crippen LogP contribution in [0.3, 0.4) is 0 Å². The van der Waals surface area contributed by atoms with E-state index in [0.29, 0.717) is 5.41 Å². The lowest BCUT2D eigenvalue weighted by atomic mass is 9.78. The van der Waals surface area contributed by atoms with Crippen LogP contribution >= 0.6 is 11.8 Å². The molecule has 100 valence electrons. The van der Waals surface area contributed by atoms with E-state index in [1.165, 1.54) is 17.9 Å². The van der Waals surface area contributed by atoms with E-state index in [1.807, 2.05) is 0 Å². The second-order valence-corrected chi connectivity index (χ2v) is 7.20. The second-order valence-electron chi connectivity index (χ2n) is 6.22. The van der Waals surface area contributed by atoms with E-state index in [1.54, 1.807) is 0 Å². The quantitative estimate of drug-likeness (QED) is 0.816. The summed E-state index contributed by atoms with van der Waals surface area (Å²) in [7, 11) is 0. The highest BCUT2D eigenvalue weighted by Crippen LogP contribution is 2.41. The first kappa shape index (κ1) is 13.7. The van der Waals surface area contributed by atoms with Gasteiger partial charge in [-0.3, -0.25) is 4.90 Å². The van der Waals surface area contributed by atoms with E-state index < -0.39 is 0 Å². The monoisotopic (exact) mass is 258 g/mol. The molecule has 0 spiro atoms. The zero-order valence-corrected chi connectivity index (χ0v) is 12.0. The van der Waals surface area contributed by atoms with Gasteiger partial charge in [0.25, 0.3) is 0 Å². The molecule has 0 aliphatic carbocycles. The van der Waals surface area contributed by atoms with Gasteiger partial charge in [-0.05, 0) is 24.0 Å². The lowest BCUT2D eigenvalue weighted by Crippen LogP contribution is -2.60. The van der Waals surface area contributed by atoms with Crippen molar-refractivity contribution in [2.24, 2.45) is 11.1 Å². The van der Waals surface area contributed by atoms with E-state index in [9.17, 15) is 0 Å². The Morgan fingerprint density at radius 1 is 1.24 bits per heavy atom. The average molecular weight is 258 g/mol. The number of hydrogen-bond donors (Lipinski definition) is 1. The maximum atomic E-state index is 6.15. The summed E-state index contributed by atoms with van der Waals surface area (Å²) in [5, 5.41) is 0. The van der Waals surface area contributed by atoms with Crippen molar-refractivity contribution < 1.29 is 4.74 Å². The van der Waals surface area contributed by atoms with Crippen molar-refractivity contribution >= 4 is 11.8 Å². The topological polar surface area (TPSA) is 38.5 Å². The van der Waals surface area contributed by atoms with Gasteiger partial charge in [0, 0.05) is 37.5 Å². The van der Waals surface area contributed by atoms with Crippen molar-refractivity contribution in [2.75, 3.05) is 44.4 Å². The maximum Gasteiger partial charge on any atom is 0.0593 e. The average Bonchev–Trinajstić information content (AvgIpc) is 2.56. The van der Waals surface area contributed by atoms with E-state index >= 15 is 0 Å². The molecule has 3 nitrogen and oxygen atoms in total. The Morgan fingerprint density at radius 2 is 2.06 bits per heavy atom. The molecule has 0 aromatic heterocycles. The molecule has 2 aliphatic heterocycles.